The highest BCUT2D eigenvalue weighted by Gasteiger charge is 2.21. The van der Waals surface area contributed by atoms with Crippen molar-refractivity contribution in [1.29, 1.82) is 0 Å². The van der Waals surface area contributed by atoms with Crippen molar-refractivity contribution in [2.24, 2.45) is 0 Å². The molecule has 2 aromatic rings. The molecule has 1 aromatic carbocycles. The number of hydrogen-bond donors (Lipinski definition) is 1. The molecule has 5 heteroatoms. The van der Waals surface area contributed by atoms with Gasteiger partial charge in [0.15, 0.2) is 5.13 Å². The fourth-order valence-electron chi connectivity index (χ4n) is 2.29. The third-order valence-electron chi connectivity index (χ3n) is 2.93. The van der Waals surface area contributed by atoms with Crippen molar-refractivity contribution in [3.05, 3.63) is 33.7 Å². The Hall–Kier alpha value is -1.88. The number of aromatic nitrogens is 1. The van der Waals surface area contributed by atoms with Crippen molar-refractivity contribution in [2.75, 3.05) is 12.8 Å². The highest BCUT2D eigenvalue weighted by molar-refractivity contribution is 7.17. The standard InChI is InChI=1S/C14H16N2O2S/c1-7-5-8(2)10(9(3)6-7)11-12(13(17)18-4)19-14(15)16-11/h5-6H,1-4H3,(H2,15,16). The minimum Gasteiger partial charge on any atom is -0.465 e. The van der Waals surface area contributed by atoms with Crippen LogP contribution in [0.4, 0.5) is 5.13 Å². The van der Waals surface area contributed by atoms with Crippen LogP contribution in [0.5, 0.6) is 0 Å². The largest absolute Gasteiger partial charge is 0.465 e. The first-order chi connectivity index (χ1) is 8.93. The zero-order valence-electron chi connectivity index (χ0n) is 11.4. The number of esters is 1. The van der Waals surface area contributed by atoms with Crippen molar-refractivity contribution in [3.8, 4) is 11.3 Å². The van der Waals surface area contributed by atoms with Gasteiger partial charge in [0.05, 0.1) is 12.8 Å². The number of nitrogen functional groups attached to an aromatic ring is 1. The number of hydrogen-bond acceptors (Lipinski definition) is 5. The first-order valence-electron chi connectivity index (χ1n) is 5.87. The summed E-state index contributed by atoms with van der Waals surface area (Å²) in [6.45, 7) is 6.05. The molecule has 0 spiro atoms. The van der Waals surface area contributed by atoms with E-state index in [0.717, 1.165) is 28.0 Å². The van der Waals surface area contributed by atoms with Crippen LogP contribution >= 0.6 is 11.3 Å². The number of rotatable bonds is 2. The normalized spacial score (nSPS) is 10.5. The van der Waals surface area contributed by atoms with Crippen LogP contribution in [-0.4, -0.2) is 18.1 Å². The van der Waals surface area contributed by atoms with Crippen molar-refractivity contribution in [3.63, 3.8) is 0 Å². The number of anilines is 1. The van der Waals surface area contributed by atoms with Crippen LogP contribution in [0, 0.1) is 20.8 Å². The van der Waals surface area contributed by atoms with E-state index in [1.165, 1.54) is 12.7 Å². The van der Waals surface area contributed by atoms with E-state index in [1.807, 2.05) is 20.8 Å². The number of aryl methyl sites for hydroxylation is 3. The van der Waals surface area contributed by atoms with Gasteiger partial charge in [-0.1, -0.05) is 29.0 Å². The number of nitrogens with zero attached hydrogens (tertiary/aromatic N) is 1. The zero-order valence-corrected chi connectivity index (χ0v) is 12.2. The molecule has 0 aliphatic carbocycles. The van der Waals surface area contributed by atoms with E-state index in [1.54, 1.807) is 0 Å². The molecule has 4 nitrogen and oxygen atoms in total. The molecule has 0 radical (unpaired) electrons. The van der Waals surface area contributed by atoms with E-state index >= 15 is 0 Å². The fraction of sp³-hybridized carbons (Fsp3) is 0.286. The van der Waals surface area contributed by atoms with E-state index in [2.05, 4.69) is 17.1 Å². The monoisotopic (exact) mass is 276 g/mol. The molecule has 0 unspecified atom stereocenters. The molecule has 1 aromatic heterocycles. The van der Waals surface area contributed by atoms with Crippen LogP contribution in [-0.2, 0) is 4.74 Å². The SMILES string of the molecule is COC(=O)c1sc(N)nc1-c1c(C)cc(C)cc1C. The van der Waals surface area contributed by atoms with Gasteiger partial charge in [-0.25, -0.2) is 9.78 Å². The minimum atomic E-state index is -0.399. The second-order valence-electron chi connectivity index (χ2n) is 4.50. The lowest BCUT2D eigenvalue weighted by Gasteiger charge is -2.10. The molecule has 100 valence electrons. The van der Waals surface area contributed by atoms with Crippen LogP contribution in [0.1, 0.15) is 26.4 Å². The second-order valence-corrected chi connectivity index (χ2v) is 5.53. The quantitative estimate of drug-likeness (QED) is 0.856. The van der Waals surface area contributed by atoms with E-state index in [4.69, 9.17) is 10.5 Å². The van der Waals surface area contributed by atoms with Crippen LogP contribution in [0.25, 0.3) is 11.3 Å². The molecule has 0 amide bonds. The van der Waals surface area contributed by atoms with Gasteiger partial charge in [0.1, 0.15) is 4.88 Å². The smallest absolute Gasteiger partial charge is 0.350 e. The number of benzene rings is 1. The molecule has 0 fully saturated rings. The summed E-state index contributed by atoms with van der Waals surface area (Å²) in [7, 11) is 1.36. The van der Waals surface area contributed by atoms with Gasteiger partial charge >= 0.3 is 5.97 Å². The van der Waals surface area contributed by atoms with Crippen LogP contribution in [0.15, 0.2) is 12.1 Å². The van der Waals surface area contributed by atoms with Crippen molar-refractivity contribution in [1.82, 2.24) is 4.98 Å². The summed E-state index contributed by atoms with van der Waals surface area (Å²) in [5.41, 5.74) is 10.6. The Balaban J connectivity index is 2.69. The van der Waals surface area contributed by atoms with Crippen LogP contribution < -0.4 is 5.73 Å². The first-order valence-corrected chi connectivity index (χ1v) is 6.68. The number of nitrogens with two attached hydrogens (primary N) is 1. The number of thiazole rings is 1. The van der Waals surface area contributed by atoms with Crippen molar-refractivity contribution < 1.29 is 9.53 Å². The Kier molecular flexibility index (Phi) is 3.57. The summed E-state index contributed by atoms with van der Waals surface area (Å²) in [6.07, 6.45) is 0. The van der Waals surface area contributed by atoms with E-state index in [0.29, 0.717) is 15.7 Å². The van der Waals surface area contributed by atoms with Crippen LogP contribution in [0.3, 0.4) is 0 Å². The lowest BCUT2D eigenvalue weighted by atomic mass is 9.97. The van der Waals surface area contributed by atoms with Gasteiger partial charge in [-0.05, 0) is 31.9 Å². The minimum absolute atomic E-state index is 0.370. The summed E-state index contributed by atoms with van der Waals surface area (Å²) >= 11 is 1.16. The predicted molar refractivity (Wildman–Crippen MR) is 77.5 cm³/mol. The van der Waals surface area contributed by atoms with Gasteiger partial charge in [0.2, 0.25) is 0 Å². The lowest BCUT2D eigenvalue weighted by molar-refractivity contribution is 0.0607. The van der Waals surface area contributed by atoms with E-state index in [9.17, 15) is 4.79 Å². The molecule has 19 heavy (non-hydrogen) atoms. The Morgan fingerprint density at radius 1 is 1.26 bits per heavy atom. The average Bonchev–Trinajstić information content (AvgIpc) is 2.69. The molecule has 1 heterocycles. The van der Waals surface area contributed by atoms with Gasteiger partial charge in [-0.3, -0.25) is 0 Å². The molecule has 0 bridgehead atoms. The van der Waals surface area contributed by atoms with Crippen molar-refractivity contribution in [2.45, 2.75) is 20.8 Å². The summed E-state index contributed by atoms with van der Waals surface area (Å²) in [5.74, 6) is -0.399. The molecule has 2 rings (SSSR count). The topological polar surface area (TPSA) is 65.2 Å². The van der Waals surface area contributed by atoms with Gasteiger partial charge < -0.3 is 10.5 Å². The molecule has 0 saturated carbocycles. The molecule has 2 N–H and O–H groups in total. The maximum Gasteiger partial charge on any atom is 0.350 e. The maximum absolute atomic E-state index is 11.8. The Bertz CT molecular complexity index is 624. The van der Waals surface area contributed by atoms with Gasteiger partial charge in [-0.15, -0.1) is 0 Å². The first kappa shape index (κ1) is 13.5. The van der Waals surface area contributed by atoms with Crippen LogP contribution in [0.2, 0.25) is 0 Å². The van der Waals surface area contributed by atoms with Gasteiger partial charge in [-0.2, -0.15) is 0 Å². The fourth-order valence-corrected chi connectivity index (χ4v) is 3.05. The van der Waals surface area contributed by atoms with Gasteiger partial charge in [0, 0.05) is 5.56 Å². The van der Waals surface area contributed by atoms with Crippen molar-refractivity contribution >= 4 is 22.4 Å². The van der Waals surface area contributed by atoms with E-state index in [-0.39, 0.29) is 0 Å². The summed E-state index contributed by atoms with van der Waals surface area (Å²) in [4.78, 5) is 16.6. The highest BCUT2D eigenvalue weighted by Crippen LogP contribution is 2.34. The summed E-state index contributed by atoms with van der Waals surface area (Å²) in [6, 6.07) is 4.14. The summed E-state index contributed by atoms with van der Waals surface area (Å²) < 4.78 is 4.79. The highest BCUT2D eigenvalue weighted by atomic mass is 32.1. The summed E-state index contributed by atoms with van der Waals surface area (Å²) in [5, 5.41) is 0.370. The number of methoxy groups -OCH3 is 1. The van der Waals surface area contributed by atoms with E-state index < -0.39 is 5.97 Å². The number of carbonyl (C=O) groups excluding carboxylic acids is 1. The second kappa shape index (κ2) is 5.01. The Morgan fingerprint density at radius 2 is 1.84 bits per heavy atom. The number of carbonyl (C=O) groups is 1. The molecular weight excluding hydrogens is 260 g/mol. The Labute approximate surface area is 116 Å². The Morgan fingerprint density at radius 3 is 2.37 bits per heavy atom. The number of ether oxygens (including phenoxy) is 1. The zero-order chi connectivity index (χ0) is 14.2. The molecule has 0 aliphatic heterocycles. The molecule has 0 aliphatic rings. The lowest BCUT2D eigenvalue weighted by Crippen LogP contribution is -2.02. The third-order valence-corrected chi connectivity index (χ3v) is 3.79. The molecular formula is C14H16N2O2S. The maximum atomic E-state index is 11.8. The predicted octanol–water partition coefficient (Wildman–Crippen LogP) is 3.10. The van der Waals surface area contributed by atoms with Gasteiger partial charge in [0.25, 0.3) is 0 Å². The molecule has 0 saturated heterocycles. The third kappa shape index (κ3) is 2.46. The molecule has 0 atom stereocenters. The average molecular weight is 276 g/mol.